The zero-order chi connectivity index (χ0) is 23.3. The summed E-state index contributed by atoms with van der Waals surface area (Å²) in [5, 5.41) is 3.19. The van der Waals surface area contributed by atoms with Crippen LogP contribution in [0.1, 0.15) is 35.2 Å². The number of hydrogen-bond acceptors (Lipinski definition) is 5. The molecule has 0 aromatic heterocycles. The lowest BCUT2D eigenvalue weighted by atomic mass is 9.81. The molecule has 0 radical (unpaired) electrons. The molecule has 4 atom stereocenters. The molecule has 0 spiro atoms. The number of nitrogens with zero attached hydrogens (tertiary/aromatic N) is 1. The third-order valence-corrected chi connectivity index (χ3v) is 7.57. The topological polar surface area (TPSA) is 92.8 Å². The minimum Gasteiger partial charge on any atom is -0.452 e. The van der Waals surface area contributed by atoms with Crippen molar-refractivity contribution in [2.45, 2.75) is 26.2 Å². The molecule has 5 rings (SSSR count). The average Bonchev–Trinajstić information content (AvgIpc) is 3.49. The lowest BCUT2D eigenvalue weighted by molar-refractivity contribution is -0.123. The van der Waals surface area contributed by atoms with E-state index < -0.39 is 18.5 Å². The summed E-state index contributed by atoms with van der Waals surface area (Å²) in [6.45, 7) is 1.32. The van der Waals surface area contributed by atoms with E-state index in [-0.39, 0.29) is 29.2 Å². The zero-order valence-electron chi connectivity index (χ0n) is 18.0. The molecule has 1 saturated heterocycles. The lowest BCUT2D eigenvalue weighted by Gasteiger charge is -2.19. The Morgan fingerprint density at radius 3 is 2.30 bits per heavy atom. The van der Waals surface area contributed by atoms with Gasteiger partial charge in [-0.3, -0.25) is 19.3 Å². The van der Waals surface area contributed by atoms with Crippen LogP contribution in [0.15, 0.2) is 42.5 Å². The van der Waals surface area contributed by atoms with Crippen LogP contribution in [-0.2, 0) is 19.1 Å². The van der Waals surface area contributed by atoms with Crippen LogP contribution in [0, 0.1) is 30.6 Å². The fraction of sp³-hybridized carbons (Fsp3) is 0.360. The van der Waals surface area contributed by atoms with Gasteiger partial charge in [0.15, 0.2) is 6.61 Å². The molecule has 3 fully saturated rings. The summed E-state index contributed by atoms with van der Waals surface area (Å²) in [5.41, 5.74) is 1.96. The Morgan fingerprint density at radius 1 is 1.03 bits per heavy atom. The number of hydrogen-bond donors (Lipinski definition) is 1. The fourth-order valence-electron chi connectivity index (χ4n) is 5.55. The van der Waals surface area contributed by atoms with E-state index in [9.17, 15) is 19.2 Å². The van der Waals surface area contributed by atoms with Crippen molar-refractivity contribution >= 4 is 46.7 Å². The number of benzene rings is 2. The SMILES string of the molecule is Cc1c(Cl)cccc1NC(=O)COC(=O)c1ccc(N2C(=O)[C@H]3[C@H]4CC[C@@H](C4)[C@@H]3C2=O)cc1. The standard InChI is InChI=1S/C25H23ClN2O5/c1-13-18(26)3-2-4-19(13)27-20(29)12-33-25(32)14-7-9-17(10-8-14)28-23(30)21-15-5-6-16(11-15)22(21)24(28)31/h2-4,7-10,15-16,21-22H,5-6,11-12H2,1H3,(H,27,29)/t15-,16-,21-,22-/m0/s1. The normalized spacial score (nSPS) is 25.3. The summed E-state index contributed by atoms with van der Waals surface area (Å²) in [6.07, 6.45) is 3.03. The molecule has 3 aliphatic rings. The predicted octanol–water partition coefficient (Wildman–Crippen LogP) is 3.98. The van der Waals surface area contributed by atoms with Crippen LogP contribution in [0.2, 0.25) is 5.02 Å². The molecule has 3 amide bonds. The van der Waals surface area contributed by atoms with Gasteiger partial charge in [-0.05, 0) is 80.0 Å². The van der Waals surface area contributed by atoms with Gasteiger partial charge in [-0.15, -0.1) is 0 Å². The quantitative estimate of drug-likeness (QED) is 0.531. The lowest BCUT2D eigenvalue weighted by Crippen LogP contribution is -2.32. The van der Waals surface area contributed by atoms with Crippen LogP contribution in [-0.4, -0.2) is 30.3 Å². The highest BCUT2D eigenvalue weighted by atomic mass is 35.5. The molecule has 2 bridgehead atoms. The first kappa shape index (κ1) is 21.6. The first-order valence-corrected chi connectivity index (χ1v) is 11.4. The van der Waals surface area contributed by atoms with Gasteiger partial charge < -0.3 is 10.1 Å². The van der Waals surface area contributed by atoms with Crippen LogP contribution >= 0.6 is 11.6 Å². The molecule has 2 aliphatic carbocycles. The molecular weight excluding hydrogens is 444 g/mol. The van der Waals surface area contributed by atoms with Gasteiger partial charge in [0, 0.05) is 10.7 Å². The molecule has 33 heavy (non-hydrogen) atoms. The van der Waals surface area contributed by atoms with Gasteiger partial charge in [0.2, 0.25) is 11.8 Å². The van der Waals surface area contributed by atoms with E-state index in [1.54, 1.807) is 37.3 Å². The molecule has 2 saturated carbocycles. The number of ether oxygens (including phenoxy) is 1. The molecule has 1 heterocycles. The molecule has 7 nitrogen and oxygen atoms in total. The smallest absolute Gasteiger partial charge is 0.338 e. The van der Waals surface area contributed by atoms with Gasteiger partial charge in [-0.2, -0.15) is 0 Å². The second kappa shape index (κ2) is 8.30. The maximum Gasteiger partial charge on any atom is 0.338 e. The summed E-state index contributed by atoms with van der Waals surface area (Å²) in [7, 11) is 0. The molecular formula is C25H23ClN2O5. The highest BCUT2D eigenvalue weighted by molar-refractivity contribution is 6.31. The third-order valence-electron chi connectivity index (χ3n) is 7.16. The Labute approximate surface area is 196 Å². The number of halogens is 1. The molecule has 0 unspecified atom stereocenters. The van der Waals surface area contributed by atoms with Crippen molar-refractivity contribution in [1.29, 1.82) is 0 Å². The Bertz CT molecular complexity index is 1130. The van der Waals surface area contributed by atoms with Gasteiger partial charge >= 0.3 is 5.97 Å². The minimum atomic E-state index is -0.673. The summed E-state index contributed by atoms with van der Waals surface area (Å²) >= 11 is 6.05. The van der Waals surface area contributed by atoms with Crippen molar-refractivity contribution in [3.05, 3.63) is 58.6 Å². The van der Waals surface area contributed by atoms with Crippen molar-refractivity contribution in [3.63, 3.8) is 0 Å². The third kappa shape index (κ3) is 3.70. The first-order valence-electron chi connectivity index (χ1n) is 11.0. The molecule has 1 aliphatic heterocycles. The van der Waals surface area contributed by atoms with Crippen molar-refractivity contribution in [1.82, 2.24) is 0 Å². The second-order valence-corrected chi connectivity index (χ2v) is 9.39. The van der Waals surface area contributed by atoms with Crippen molar-refractivity contribution < 1.29 is 23.9 Å². The average molecular weight is 467 g/mol. The predicted molar refractivity (Wildman–Crippen MR) is 122 cm³/mol. The van der Waals surface area contributed by atoms with Crippen LogP contribution in [0.25, 0.3) is 0 Å². The zero-order valence-corrected chi connectivity index (χ0v) is 18.8. The van der Waals surface area contributed by atoms with E-state index in [0.717, 1.165) is 24.8 Å². The summed E-state index contributed by atoms with van der Waals surface area (Å²) in [4.78, 5) is 51.7. The van der Waals surface area contributed by atoms with Crippen LogP contribution < -0.4 is 10.2 Å². The number of rotatable bonds is 5. The fourth-order valence-corrected chi connectivity index (χ4v) is 5.73. The van der Waals surface area contributed by atoms with E-state index >= 15 is 0 Å². The van der Waals surface area contributed by atoms with E-state index in [2.05, 4.69) is 5.32 Å². The van der Waals surface area contributed by atoms with Gasteiger partial charge in [0.25, 0.3) is 5.91 Å². The van der Waals surface area contributed by atoms with Gasteiger partial charge in [0.1, 0.15) is 0 Å². The van der Waals surface area contributed by atoms with Crippen LogP contribution in [0.3, 0.4) is 0 Å². The number of imide groups is 1. The minimum absolute atomic E-state index is 0.125. The van der Waals surface area contributed by atoms with Crippen LogP contribution in [0.5, 0.6) is 0 Å². The molecule has 2 aromatic carbocycles. The highest BCUT2D eigenvalue weighted by Crippen LogP contribution is 2.56. The number of nitrogens with one attached hydrogen (secondary N) is 1. The highest BCUT2D eigenvalue weighted by Gasteiger charge is 2.61. The Balaban J connectivity index is 1.20. The molecule has 8 heteroatoms. The van der Waals surface area contributed by atoms with E-state index in [1.165, 1.54) is 17.0 Å². The summed E-state index contributed by atoms with van der Waals surface area (Å²) in [5.74, 6) is -1.16. The molecule has 170 valence electrons. The Hall–Kier alpha value is -3.19. The van der Waals surface area contributed by atoms with Gasteiger partial charge in [-0.25, -0.2) is 4.79 Å². The van der Waals surface area contributed by atoms with Gasteiger partial charge in [0.05, 0.1) is 23.1 Å². The van der Waals surface area contributed by atoms with Crippen LogP contribution in [0.4, 0.5) is 11.4 Å². The summed E-state index contributed by atoms with van der Waals surface area (Å²) < 4.78 is 5.11. The van der Waals surface area contributed by atoms with Crippen molar-refractivity contribution in [2.75, 3.05) is 16.8 Å². The monoisotopic (exact) mass is 466 g/mol. The first-order chi connectivity index (χ1) is 15.8. The maximum absolute atomic E-state index is 12.9. The second-order valence-electron chi connectivity index (χ2n) is 8.98. The number of anilines is 2. The van der Waals surface area contributed by atoms with Crippen molar-refractivity contribution in [3.8, 4) is 0 Å². The Kier molecular flexibility index (Phi) is 5.44. The van der Waals surface area contributed by atoms with Crippen molar-refractivity contribution in [2.24, 2.45) is 23.7 Å². The van der Waals surface area contributed by atoms with E-state index in [4.69, 9.17) is 16.3 Å². The number of esters is 1. The largest absolute Gasteiger partial charge is 0.452 e. The molecule has 2 aromatic rings. The maximum atomic E-state index is 12.9. The number of fused-ring (bicyclic) bond motifs is 5. The number of carbonyl (C=O) groups excluding carboxylic acids is 4. The van der Waals surface area contributed by atoms with E-state index in [0.29, 0.717) is 28.2 Å². The molecule has 1 N–H and O–H groups in total. The number of carbonyl (C=O) groups is 4. The Morgan fingerprint density at radius 2 is 1.67 bits per heavy atom. The number of amides is 3. The summed E-state index contributed by atoms with van der Waals surface area (Å²) in [6, 6.07) is 11.3. The van der Waals surface area contributed by atoms with Gasteiger partial charge in [-0.1, -0.05) is 17.7 Å². The van der Waals surface area contributed by atoms with E-state index in [1.807, 2.05) is 0 Å².